The van der Waals surface area contributed by atoms with Gasteiger partial charge in [-0.2, -0.15) is 0 Å². The Balaban J connectivity index is 1.84. The van der Waals surface area contributed by atoms with Gasteiger partial charge in [-0.25, -0.2) is 4.98 Å². The van der Waals surface area contributed by atoms with E-state index >= 15 is 0 Å². The van der Waals surface area contributed by atoms with Crippen molar-refractivity contribution in [3.05, 3.63) is 47.1 Å². The Kier molecular flexibility index (Phi) is 7.73. The molecule has 1 aromatic carbocycles. The van der Waals surface area contributed by atoms with E-state index in [2.05, 4.69) is 20.9 Å². The molecule has 0 unspecified atom stereocenters. The molecule has 6 heteroatoms. The topological polar surface area (TPSA) is 51.7 Å². The Morgan fingerprint density at radius 3 is 2.44 bits per heavy atom. The molecule has 0 aliphatic heterocycles. The Bertz CT molecular complexity index is 677. The van der Waals surface area contributed by atoms with Crippen LogP contribution in [0.5, 0.6) is 11.5 Å². The fourth-order valence-corrected chi connectivity index (χ4v) is 2.61. The predicted octanol–water partition coefficient (Wildman–Crippen LogP) is 4.45. The lowest BCUT2D eigenvalue weighted by Crippen LogP contribution is -2.31. The van der Waals surface area contributed by atoms with E-state index in [1.165, 1.54) is 0 Å². The van der Waals surface area contributed by atoms with Crippen LogP contribution in [0.3, 0.4) is 0 Å². The molecule has 0 aliphatic carbocycles. The Morgan fingerprint density at radius 1 is 1.12 bits per heavy atom. The maximum absolute atomic E-state index is 12.4. The van der Waals surface area contributed by atoms with Crippen molar-refractivity contribution < 1.29 is 14.3 Å². The molecular weight excluding hydrogens is 384 g/mol. The van der Waals surface area contributed by atoms with Gasteiger partial charge in [0.25, 0.3) is 0 Å². The van der Waals surface area contributed by atoms with E-state index in [4.69, 9.17) is 9.47 Å². The van der Waals surface area contributed by atoms with Crippen molar-refractivity contribution in [2.24, 2.45) is 0 Å². The number of ether oxygens (including phenoxy) is 2. The number of hydrogen-bond donors (Lipinski definition) is 0. The van der Waals surface area contributed by atoms with Crippen LogP contribution < -0.4 is 14.4 Å². The van der Waals surface area contributed by atoms with E-state index in [1.54, 1.807) is 11.1 Å². The van der Waals surface area contributed by atoms with Crippen LogP contribution in [-0.4, -0.2) is 30.6 Å². The lowest BCUT2D eigenvalue weighted by molar-refractivity contribution is -0.118. The molecule has 2 rings (SSSR count). The molecule has 1 heterocycles. The van der Waals surface area contributed by atoms with Gasteiger partial charge in [0.1, 0.15) is 5.82 Å². The number of aromatic nitrogens is 1. The number of halogens is 1. The largest absolute Gasteiger partial charge is 0.490 e. The first-order valence-corrected chi connectivity index (χ1v) is 9.21. The summed E-state index contributed by atoms with van der Waals surface area (Å²) < 4.78 is 12.2. The predicted molar refractivity (Wildman–Crippen MR) is 102 cm³/mol. The molecule has 0 aliphatic rings. The van der Waals surface area contributed by atoms with Crippen LogP contribution in [0.15, 0.2) is 47.1 Å². The molecule has 5 nitrogen and oxygen atoms in total. The lowest BCUT2D eigenvalue weighted by atomic mass is 10.2. The number of hydrogen-bond acceptors (Lipinski definition) is 4. The summed E-state index contributed by atoms with van der Waals surface area (Å²) in [6, 6.07) is 11.3. The quantitative estimate of drug-likeness (QED) is 0.577. The van der Waals surface area contributed by atoms with E-state index in [1.807, 2.05) is 50.2 Å². The minimum absolute atomic E-state index is 0.0408. The van der Waals surface area contributed by atoms with Crippen LogP contribution >= 0.6 is 15.9 Å². The zero-order chi connectivity index (χ0) is 18.1. The van der Waals surface area contributed by atoms with Crippen LogP contribution in [0, 0.1) is 0 Å². The van der Waals surface area contributed by atoms with Crippen LogP contribution in [0.2, 0.25) is 0 Å². The molecule has 0 fully saturated rings. The Hall–Kier alpha value is -2.08. The third kappa shape index (κ3) is 5.74. The van der Waals surface area contributed by atoms with Crippen molar-refractivity contribution in [3.8, 4) is 11.5 Å². The van der Waals surface area contributed by atoms with Crippen LogP contribution in [-0.2, 0) is 4.79 Å². The summed E-state index contributed by atoms with van der Waals surface area (Å²) >= 11 is 3.35. The smallest absolute Gasteiger partial charge is 0.228 e. The van der Waals surface area contributed by atoms with Crippen LogP contribution in [0.25, 0.3) is 0 Å². The standard InChI is InChI=1S/C19H23BrN2O3/c1-3-22(18-12-11-15(20)14-21-18)19(23)10-7-13-25-17-9-6-5-8-16(17)24-4-2/h5-6,8-9,11-12,14H,3-4,7,10,13H2,1-2H3. The number of benzene rings is 1. The molecule has 0 radical (unpaired) electrons. The first-order valence-electron chi connectivity index (χ1n) is 8.42. The zero-order valence-corrected chi connectivity index (χ0v) is 16.2. The molecule has 1 aromatic heterocycles. The maximum Gasteiger partial charge on any atom is 0.228 e. The SMILES string of the molecule is CCOc1ccccc1OCCCC(=O)N(CC)c1ccc(Br)cn1. The molecule has 1 amide bonds. The van der Waals surface area contributed by atoms with Gasteiger partial charge in [-0.15, -0.1) is 0 Å². The van der Waals surface area contributed by atoms with Gasteiger partial charge in [-0.1, -0.05) is 12.1 Å². The monoisotopic (exact) mass is 406 g/mol. The number of carbonyl (C=O) groups excluding carboxylic acids is 1. The first-order chi connectivity index (χ1) is 12.2. The molecule has 0 atom stereocenters. The van der Waals surface area contributed by atoms with Gasteiger partial charge in [-0.05, 0) is 60.5 Å². The molecule has 2 aromatic rings. The Morgan fingerprint density at radius 2 is 1.84 bits per heavy atom. The molecule has 0 spiro atoms. The fourth-order valence-electron chi connectivity index (χ4n) is 2.38. The second-order valence-corrected chi connectivity index (χ2v) is 6.22. The van der Waals surface area contributed by atoms with Gasteiger partial charge in [0.15, 0.2) is 11.5 Å². The van der Waals surface area contributed by atoms with E-state index < -0.39 is 0 Å². The van der Waals surface area contributed by atoms with Gasteiger partial charge < -0.3 is 9.47 Å². The molecule has 0 saturated heterocycles. The van der Waals surface area contributed by atoms with Crippen molar-refractivity contribution >= 4 is 27.7 Å². The number of rotatable bonds is 9. The van der Waals surface area contributed by atoms with Gasteiger partial charge in [0.2, 0.25) is 5.91 Å². The summed E-state index contributed by atoms with van der Waals surface area (Å²) in [7, 11) is 0. The van der Waals surface area contributed by atoms with E-state index in [9.17, 15) is 4.79 Å². The van der Waals surface area contributed by atoms with E-state index in [0.717, 1.165) is 10.2 Å². The summed E-state index contributed by atoms with van der Waals surface area (Å²) in [5.41, 5.74) is 0. The number of nitrogens with zero attached hydrogens (tertiary/aromatic N) is 2. The van der Waals surface area contributed by atoms with Crippen molar-refractivity contribution in [2.75, 3.05) is 24.7 Å². The maximum atomic E-state index is 12.4. The van der Waals surface area contributed by atoms with Crippen LogP contribution in [0.1, 0.15) is 26.7 Å². The highest BCUT2D eigenvalue weighted by atomic mass is 79.9. The second-order valence-electron chi connectivity index (χ2n) is 5.30. The minimum Gasteiger partial charge on any atom is -0.490 e. The van der Waals surface area contributed by atoms with Gasteiger partial charge in [-0.3, -0.25) is 9.69 Å². The highest BCUT2D eigenvalue weighted by Crippen LogP contribution is 2.26. The fraction of sp³-hybridized carbons (Fsp3) is 0.368. The third-order valence-electron chi connectivity index (χ3n) is 3.55. The average Bonchev–Trinajstić information content (AvgIpc) is 2.62. The average molecular weight is 407 g/mol. The highest BCUT2D eigenvalue weighted by Gasteiger charge is 2.14. The summed E-state index contributed by atoms with van der Waals surface area (Å²) in [6.07, 6.45) is 2.73. The van der Waals surface area contributed by atoms with Crippen LogP contribution in [0.4, 0.5) is 5.82 Å². The van der Waals surface area contributed by atoms with Gasteiger partial charge >= 0.3 is 0 Å². The molecule has 0 N–H and O–H groups in total. The lowest BCUT2D eigenvalue weighted by Gasteiger charge is -2.20. The van der Waals surface area contributed by atoms with E-state index in [0.29, 0.717) is 44.2 Å². The van der Waals surface area contributed by atoms with E-state index in [-0.39, 0.29) is 5.91 Å². The van der Waals surface area contributed by atoms with Crippen molar-refractivity contribution in [2.45, 2.75) is 26.7 Å². The summed E-state index contributed by atoms with van der Waals surface area (Å²) in [5, 5.41) is 0. The van der Waals surface area contributed by atoms with Gasteiger partial charge in [0, 0.05) is 23.6 Å². The van der Waals surface area contributed by atoms with Crippen molar-refractivity contribution in [3.63, 3.8) is 0 Å². The van der Waals surface area contributed by atoms with Crippen molar-refractivity contribution in [1.29, 1.82) is 0 Å². The molecule has 0 bridgehead atoms. The number of para-hydroxylation sites is 2. The minimum atomic E-state index is 0.0408. The molecule has 134 valence electrons. The zero-order valence-electron chi connectivity index (χ0n) is 14.6. The first kappa shape index (κ1) is 19.2. The molecular formula is C19H23BrN2O3. The summed E-state index contributed by atoms with van der Waals surface area (Å²) in [6.45, 7) is 5.51. The number of amides is 1. The molecule has 25 heavy (non-hydrogen) atoms. The number of carbonyl (C=O) groups is 1. The Labute approximate surface area is 157 Å². The number of anilines is 1. The molecule has 0 saturated carbocycles. The van der Waals surface area contributed by atoms with Crippen molar-refractivity contribution in [1.82, 2.24) is 4.98 Å². The second kappa shape index (κ2) is 10.0. The van der Waals surface area contributed by atoms with Gasteiger partial charge in [0.05, 0.1) is 13.2 Å². The summed E-state index contributed by atoms with van der Waals surface area (Å²) in [4.78, 5) is 18.4. The third-order valence-corrected chi connectivity index (χ3v) is 4.02. The normalized spacial score (nSPS) is 10.4. The number of pyridine rings is 1. The summed E-state index contributed by atoms with van der Waals surface area (Å²) in [5.74, 6) is 2.14. The highest BCUT2D eigenvalue weighted by molar-refractivity contribution is 9.10.